The lowest BCUT2D eigenvalue weighted by Gasteiger charge is -2.34. The minimum absolute atomic E-state index is 0.0270. The summed E-state index contributed by atoms with van der Waals surface area (Å²) in [5.74, 6) is -0.0270. The molecule has 28 heavy (non-hydrogen) atoms. The van der Waals surface area contributed by atoms with Crippen molar-refractivity contribution in [2.45, 2.75) is 26.7 Å². The summed E-state index contributed by atoms with van der Waals surface area (Å²) in [6.45, 7) is 6.10. The first kappa shape index (κ1) is 22.0. The summed E-state index contributed by atoms with van der Waals surface area (Å²) in [5, 5.41) is 0. The maximum atomic E-state index is 12.4. The molecule has 0 unspecified atom stereocenters. The number of carbonyl (C=O) groups is 2. The van der Waals surface area contributed by atoms with Gasteiger partial charge in [0.25, 0.3) is 0 Å². The summed E-state index contributed by atoms with van der Waals surface area (Å²) in [6.07, 6.45) is 1.51. The summed E-state index contributed by atoms with van der Waals surface area (Å²) in [6, 6.07) is 7.27. The van der Waals surface area contributed by atoms with Gasteiger partial charge in [0.2, 0.25) is 15.9 Å². The van der Waals surface area contributed by atoms with E-state index in [-0.39, 0.29) is 25.0 Å². The van der Waals surface area contributed by atoms with Crippen LogP contribution in [0.4, 0.5) is 10.5 Å². The molecule has 0 spiro atoms. The van der Waals surface area contributed by atoms with Gasteiger partial charge in [-0.3, -0.25) is 9.10 Å². The van der Waals surface area contributed by atoms with Crippen molar-refractivity contribution in [3.8, 4) is 0 Å². The molecule has 0 saturated carbocycles. The van der Waals surface area contributed by atoms with Crippen LogP contribution in [0.25, 0.3) is 0 Å². The number of anilines is 1. The number of rotatable bonds is 7. The van der Waals surface area contributed by atoms with Crippen LogP contribution in [-0.4, -0.2) is 75.8 Å². The van der Waals surface area contributed by atoms with E-state index in [1.165, 1.54) is 10.6 Å². The summed E-state index contributed by atoms with van der Waals surface area (Å²) in [5.41, 5.74) is 1.65. The van der Waals surface area contributed by atoms with Crippen molar-refractivity contribution in [3.05, 3.63) is 29.8 Å². The van der Waals surface area contributed by atoms with E-state index in [2.05, 4.69) is 0 Å². The third-order valence-corrected chi connectivity index (χ3v) is 5.83. The van der Waals surface area contributed by atoms with Crippen LogP contribution >= 0.6 is 0 Å². The zero-order valence-electron chi connectivity index (χ0n) is 16.8. The Hall–Kier alpha value is -2.29. The van der Waals surface area contributed by atoms with E-state index < -0.39 is 10.0 Å². The van der Waals surface area contributed by atoms with Crippen molar-refractivity contribution < 1.29 is 22.7 Å². The van der Waals surface area contributed by atoms with Crippen LogP contribution in [0.3, 0.4) is 0 Å². The van der Waals surface area contributed by atoms with E-state index in [1.807, 2.05) is 19.1 Å². The molecule has 1 fully saturated rings. The van der Waals surface area contributed by atoms with E-state index in [1.54, 1.807) is 28.9 Å². The van der Waals surface area contributed by atoms with Crippen LogP contribution in [0.1, 0.15) is 25.3 Å². The first-order valence-corrected chi connectivity index (χ1v) is 11.3. The summed E-state index contributed by atoms with van der Waals surface area (Å²) >= 11 is 0. The Balaban J connectivity index is 1.85. The van der Waals surface area contributed by atoms with Gasteiger partial charge in [-0.2, -0.15) is 0 Å². The molecule has 1 heterocycles. The topological polar surface area (TPSA) is 87.2 Å². The Morgan fingerprint density at radius 2 is 1.64 bits per heavy atom. The van der Waals surface area contributed by atoms with E-state index in [9.17, 15) is 18.0 Å². The van der Waals surface area contributed by atoms with Crippen molar-refractivity contribution in [1.29, 1.82) is 0 Å². The number of nitrogens with zero attached hydrogens (tertiary/aromatic N) is 3. The average Bonchev–Trinajstić information content (AvgIpc) is 2.65. The number of sulfonamides is 1. The van der Waals surface area contributed by atoms with E-state index in [4.69, 9.17) is 4.74 Å². The van der Waals surface area contributed by atoms with Gasteiger partial charge in [-0.05, 0) is 32.4 Å². The zero-order valence-corrected chi connectivity index (χ0v) is 17.6. The van der Waals surface area contributed by atoms with E-state index in [0.717, 1.165) is 5.56 Å². The van der Waals surface area contributed by atoms with Gasteiger partial charge < -0.3 is 14.5 Å². The van der Waals surface area contributed by atoms with Crippen molar-refractivity contribution in [3.63, 3.8) is 0 Å². The highest BCUT2D eigenvalue weighted by Gasteiger charge is 2.25. The second-order valence-electron chi connectivity index (χ2n) is 6.84. The Morgan fingerprint density at radius 3 is 2.18 bits per heavy atom. The Bertz CT molecular complexity index is 771. The third kappa shape index (κ3) is 6.12. The molecule has 2 amide bonds. The first-order valence-electron chi connectivity index (χ1n) is 9.46. The number of ether oxygens (including phenoxy) is 1. The normalized spacial score (nSPS) is 14.7. The summed E-state index contributed by atoms with van der Waals surface area (Å²) in [7, 11) is -3.43. The van der Waals surface area contributed by atoms with E-state index in [0.29, 0.717) is 44.9 Å². The quantitative estimate of drug-likeness (QED) is 0.683. The molecule has 2 rings (SSSR count). The zero-order chi connectivity index (χ0) is 20.7. The highest BCUT2D eigenvalue weighted by Crippen LogP contribution is 2.19. The van der Waals surface area contributed by atoms with Gasteiger partial charge in [0.15, 0.2) is 0 Å². The summed E-state index contributed by atoms with van der Waals surface area (Å²) < 4.78 is 30.6. The molecular formula is C19H29N3O5S. The van der Waals surface area contributed by atoms with Gasteiger partial charge in [0.05, 0.1) is 18.6 Å². The number of hydrogen-bond acceptors (Lipinski definition) is 5. The SMILES string of the molecule is CCOC(=O)N1CCN(C(=O)CCCN(c2ccc(C)cc2)S(C)(=O)=O)CC1. The Labute approximate surface area is 167 Å². The molecular weight excluding hydrogens is 382 g/mol. The molecule has 1 aromatic rings. The van der Waals surface area contributed by atoms with Gasteiger partial charge in [0.1, 0.15) is 0 Å². The molecule has 0 aliphatic carbocycles. The monoisotopic (exact) mass is 411 g/mol. The molecule has 0 atom stereocenters. The van der Waals surface area contributed by atoms with Crippen LogP contribution < -0.4 is 4.31 Å². The standard InChI is InChI=1S/C19H29N3O5S/c1-4-27-19(24)21-14-12-20(13-15-21)18(23)6-5-11-22(28(3,25)26)17-9-7-16(2)8-10-17/h7-10H,4-6,11-15H2,1-3H3. The third-order valence-electron chi connectivity index (χ3n) is 4.63. The highest BCUT2D eigenvalue weighted by molar-refractivity contribution is 7.92. The molecule has 8 nitrogen and oxygen atoms in total. The van der Waals surface area contributed by atoms with Crippen LogP contribution in [-0.2, 0) is 19.6 Å². The van der Waals surface area contributed by atoms with Gasteiger partial charge in [-0.15, -0.1) is 0 Å². The van der Waals surface area contributed by atoms with Crippen LogP contribution in [0.5, 0.6) is 0 Å². The Morgan fingerprint density at radius 1 is 1.07 bits per heavy atom. The fraction of sp³-hybridized carbons (Fsp3) is 0.579. The molecule has 0 radical (unpaired) electrons. The lowest BCUT2D eigenvalue weighted by Crippen LogP contribution is -2.50. The van der Waals surface area contributed by atoms with Crippen LogP contribution in [0.2, 0.25) is 0 Å². The molecule has 9 heteroatoms. The van der Waals surface area contributed by atoms with Crippen LogP contribution in [0.15, 0.2) is 24.3 Å². The predicted octanol–water partition coefficient (Wildman–Crippen LogP) is 1.84. The van der Waals surface area contributed by atoms with Gasteiger partial charge in [-0.1, -0.05) is 17.7 Å². The number of hydrogen-bond donors (Lipinski definition) is 0. The lowest BCUT2D eigenvalue weighted by molar-refractivity contribution is -0.132. The Kier molecular flexibility index (Phi) is 7.68. The van der Waals surface area contributed by atoms with Crippen molar-refractivity contribution in [2.75, 3.05) is 49.9 Å². The lowest BCUT2D eigenvalue weighted by atomic mass is 10.2. The number of carbonyl (C=O) groups excluding carboxylic acids is 2. The maximum absolute atomic E-state index is 12.4. The number of aryl methyl sites for hydroxylation is 1. The van der Waals surface area contributed by atoms with Crippen LogP contribution in [0, 0.1) is 6.92 Å². The first-order chi connectivity index (χ1) is 13.2. The minimum atomic E-state index is -3.43. The van der Waals surface area contributed by atoms with Crippen molar-refractivity contribution in [1.82, 2.24) is 9.80 Å². The smallest absolute Gasteiger partial charge is 0.409 e. The van der Waals surface area contributed by atoms with Gasteiger partial charge >= 0.3 is 6.09 Å². The number of amides is 2. The number of piperazine rings is 1. The molecule has 1 aliphatic heterocycles. The fourth-order valence-electron chi connectivity index (χ4n) is 3.08. The average molecular weight is 412 g/mol. The second kappa shape index (κ2) is 9.77. The van der Waals surface area contributed by atoms with Gasteiger partial charge in [0, 0.05) is 39.1 Å². The highest BCUT2D eigenvalue weighted by atomic mass is 32.2. The molecule has 0 aromatic heterocycles. The maximum Gasteiger partial charge on any atom is 0.409 e. The molecule has 1 aromatic carbocycles. The summed E-state index contributed by atoms with van der Waals surface area (Å²) in [4.78, 5) is 27.5. The molecule has 156 valence electrons. The minimum Gasteiger partial charge on any atom is -0.450 e. The molecule has 1 saturated heterocycles. The van der Waals surface area contributed by atoms with Crippen molar-refractivity contribution in [2.24, 2.45) is 0 Å². The van der Waals surface area contributed by atoms with Gasteiger partial charge in [-0.25, -0.2) is 13.2 Å². The van der Waals surface area contributed by atoms with Crippen molar-refractivity contribution >= 4 is 27.7 Å². The second-order valence-corrected chi connectivity index (χ2v) is 8.75. The molecule has 0 bridgehead atoms. The largest absolute Gasteiger partial charge is 0.450 e. The predicted molar refractivity (Wildman–Crippen MR) is 108 cm³/mol. The molecule has 1 aliphatic rings. The number of benzene rings is 1. The molecule has 0 N–H and O–H groups in total. The fourth-order valence-corrected chi connectivity index (χ4v) is 4.05. The van der Waals surface area contributed by atoms with E-state index >= 15 is 0 Å².